The van der Waals surface area contributed by atoms with Crippen LogP contribution in [-0.2, 0) is 4.74 Å². The van der Waals surface area contributed by atoms with Crippen LogP contribution in [0.3, 0.4) is 0 Å². The van der Waals surface area contributed by atoms with Crippen molar-refractivity contribution in [1.82, 2.24) is 10.2 Å². The van der Waals surface area contributed by atoms with Crippen molar-refractivity contribution in [3.8, 4) is 0 Å². The molecule has 0 aromatic rings. The molecule has 3 nitrogen and oxygen atoms in total. The monoisotopic (exact) mass is 254 g/mol. The van der Waals surface area contributed by atoms with Gasteiger partial charge in [-0.05, 0) is 18.8 Å². The van der Waals surface area contributed by atoms with E-state index in [1.165, 1.54) is 38.9 Å². The minimum absolute atomic E-state index is 0.00552. The minimum Gasteiger partial charge on any atom is -0.360 e. The number of hydrogen-bond donors (Lipinski definition) is 1. The molecule has 1 N–H and O–H groups in total. The average Bonchev–Trinajstić information content (AvgIpc) is 2.33. The third-order valence-corrected chi connectivity index (χ3v) is 4.24. The van der Waals surface area contributed by atoms with Crippen molar-refractivity contribution < 1.29 is 4.74 Å². The Labute approximate surface area is 112 Å². The van der Waals surface area contributed by atoms with Gasteiger partial charge >= 0.3 is 0 Å². The predicted octanol–water partition coefficient (Wildman–Crippen LogP) is 2.61. The summed E-state index contributed by atoms with van der Waals surface area (Å²) in [7, 11) is 0. The lowest BCUT2D eigenvalue weighted by Gasteiger charge is -2.47. The van der Waals surface area contributed by atoms with Crippen LogP contribution < -0.4 is 5.32 Å². The van der Waals surface area contributed by atoms with Crippen LogP contribution in [-0.4, -0.2) is 42.9 Å². The number of piperidine rings is 1. The molecular weight excluding hydrogens is 224 g/mol. The number of hydrogen-bond acceptors (Lipinski definition) is 3. The van der Waals surface area contributed by atoms with E-state index in [9.17, 15) is 0 Å². The molecule has 1 spiro atoms. The van der Waals surface area contributed by atoms with E-state index in [2.05, 4.69) is 31.0 Å². The van der Waals surface area contributed by atoms with Crippen molar-refractivity contribution in [2.24, 2.45) is 5.92 Å². The highest BCUT2D eigenvalue weighted by molar-refractivity contribution is 4.91. The molecule has 2 aliphatic heterocycles. The molecule has 2 heterocycles. The van der Waals surface area contributed by atoms with E-state index < -0.39 is 0 Å². The van der Waals surface area contributed by atoms with Crippen LogP contribution in [0.15, 0.2) is 0 Å². The number of nitrogens with zero attached hydrogens (tertiary/aromatic N) is 1. The highest BCUT2D eigenvalue weighted by Gasteiger charge is 2.39. The van der Waals surface area contributed by atoms with Crippen LogP contribution in [0.2, 0.25) is 0 Å². The molecule has 2 rings (SSSR count). The van der Waals surface area contributed by atoms with Gasteiger partial charge in [0.2, 0.25) is 0 Å². The summed E-state index contributed by atoms with van der Waals surface area (Å²) in [6, 6.07) is 0.681. The molecule has 0 saturated carbocycles. The first-order valence-corrected chi connectivity index (χ1v) is 7.77. The Balaban J connectivity index is 1.83. The lowest BCUT2D eigenvalue weighted by atomic mass is 9.94. The van der Waals surface area contributed by atoms with Crippen LogP contribution >= 0.6 is 0 Å². The average molecular weight is 254 g/mol. The largest absolute Gasteiger partial charge is 0.360 e. The zero-order chi connectivity index (χ0) is 13.0. The second kappa shape index (κ2) is 6.36. The summed E-state index contributed by atoms with van der Waals surface area (Å²) >= 11 is 0. The molecule has 2 fully saturated rings. The van der Waals surface area contributed by atoms with Crippen molar-refractivity contribution >= 4 is 0 Å². The summed E-state index contributed by atoms with van der Waals surface area (Å²) in [5.41, 5.74) is 0.00552. The van der Waals surface area contributed by atoms with Gasteiger partial charge in [-0.1, -0.05) is 27.2 Å². The third kappa shape index (κ3) is 3.69. The standard InChI is InChI=1S/C15H30N2O/c1-4-5-14-6-11-18-15(16-14)7-9-17(10-8-15)12-13(2)3/h13-14,16H,4-12H2,1-3H3. The topological polar surface area (TPSA) is 24.5 Å². The lowest BCUT2D eigenvalue weighted by Crippen LogP contribution is -2.61. The first-order valence-electron chi connectivity index (χ1n) is 7.77. The van der Waals surface area contributed by atoms with E-state index in [1.807, 2.05) is 0 Å². The van der Waals surface area contributed by atoms with Crippen molar-refractivity contribution in [1.29, 1.82) is 0 Å². The molecule has 2 saturated heterocycles. The quantitative estimate of drug-likeness (QED) is 0.834. The zero-order valence-electron chi connectivity index (χ0n) is 12.4. The number of likely N-dealkylation sites (tertiary alicyclic amines) is 1. The van der Waals surface area contributed by atoms with Gasteiger partial charge in [0.15, 0.2) is 0 Å². The number of ether oxygens (including phenoxy) is 1. The molecular formula is C15H30N2O. The van der Waals surface area contributed by atoms with Gasteiger partial charge in [0, 0.05) is 38.5 Å². The summed E-state index contributed by atoms with van der Waals surface area (Å²) in [5, 5.41) is 3.79. The van der Waals surface area contributed by atoms with Gasteiger partial charge < -0.3 is 9.64 Å². The Bertz CT molecular complexity index is 245. The van der Waals surface area contributed by atoms with Gasteiger partial charge in [-0.3, -0.25) is 5.32 Å². The second-order valence-corrected chi connectivity index (χ2v) is 6.46. The molecule has 0 aromatic carbocycles. The van der Waals surface area contributed by atoms with E-state index in [0.29, 0.717) is 6.04 Å². The van der Waals surface area contributed by atoms with E-state index in [-0.39, 0.29) is 5.72 Å². The van der Waals surface area contributed by atoms with Crippen molar-refractivity contribution in [2.45, 2.75) is 64.6 Å². The van der Waals surface area contributed by atoms with Crippen LogP contribution in [0.1, 0.15) is 52.9 Å². The fourth-order valence-corrected chi connectivity index (χ4v) is 3.35. The predicted molar refractivity (Wildman–Crippen MR) is 75.6 cm³/mol. The summed E-state index contributed by atoms with van der Waals surface area (Å²) in [4.78, 5) is 2.59. The van der Waals surface area contributed by atoms with E-state index in [4.69, 9.17) is 4.74 Å². The Morgan fingerprint density at radius 1 is 1.33 bits per heavy atom. The summed E-state index contributed by atoms with van der Waals surface area (Å²) < 4.78 is 6.10. The molecule has 106 valence electrons. The molecule has 3 heteroatoms. The highest BCUT2D eigenvalue weighted by Crippen LogP contribution is 2.29. The summed E-state index contributed by atoms with van der Waals surface area (Å²) in [6.07, 6.45) is 6.05. The smallest absolute Gasteiger partial charge is 0.121 e. The maximum atomic E-state index is 6.10. The third-order valence-electron chi connectivity index (χ3n) is 4.24. The van der Waals surface area contributed by atoms with Crippen molar-refractivity contribution in [3.05, 3.63) is 0 Å². The normalized spacial score (nSPS) is 29.0. The van der Waals surface area contributed by atoms with Gasteiger partial charge in [-0.15, -0.1) is 0 Å². The van der Waals surface area contributed by atoms with E-state index >= 15 is 0 Å². The summed E-state index contributed by atoms with van der Waals surface area (Å²) in [5.74, 6) is 0.770. The molecule has 0 bridgehead atoms. The summed E-state index contributed by atoms with van der Waals surface area (Å²) in [6.45, 7) is 11.4. The fraction of sp³-hybridized carbons (Fsp3) is 1.00. The molecule has 1 unspecified atom stereocenters. The molecule has 0 aliphatic carbocycles. The molecule has 1 atom stereocenters. The van der Waals surface area contributed by atoms with Gasteiger partial charge in [-0.25, -0.2) is 0 Å². The van der Waals surface area contributed by atoms with Crippen molar-refractivity contribution in [2.75, 3.05) is 26.2 Å². The van der Waals surface area contributed by atoms with Gasteiger partial charge in [0.05, 0.1) is 6.61 Å². The molecule has 18 heavy (non-hydrogen) atoms. The van der Waals surface area contributed by atoms with Crippen molar-refractivity contribution in [3.63, 3.8) is 0 Å². The van der Waals surface area contributed by atoms with Crippen LogP contribution in [0.5, 0.6) is 0 Å². The Hall–Kier alpha value is -0.120. The van der Waals surface area contributed by atoms with Crippen LogP contribution in [0.4, 0.5) is 0 Å². The Morgan fingerprint density at radius 3 is 2.67 bits per heavy atom. The number of nitrogens with one attached hydrogen (secondary N) is 1. The lowest BCUT2D eigenvalue weighted by molar-refractivity contribution is -0.140. The number of rotatable bonds is 4. The van der Waals surface area contributed by atoms with E-state index in [1.54, 1.807) is 0 Å². The fourth-order valence-electron chi connectivity index (χ4n) is 3.35. The first kappa shape index (κ1) is 14.3. The maximum absolute atomic E-state index is 6.10. The minimum atomic E-state index is 0.00552. The molecule has 0 radical (unpaired) electrons. The van der Waals surface area contributed by atoms with Gasteiger partial charge in [-0.2, -0.15) is 0 Å². The molecule has 0 amide bonds. The van der Waals surface area contributed by atoms with Crippen LogP contribution in [0, 0.1) is 5.92 Å². The molecule has 2 aliphatic rings. The maximum Gasteiger partial charge on any atom is 0.121 e. The Morgan fingerprint density at radius 2 is 2.06 bits per heavy atom. The van der Waals surface area contributed by atoms with Gasteiger partial charge in [0.1, 0.15) is 5.72 Å². The molecule has 0 aromatic heterocycles. The van der Waals surface area contributed by atoms with Gasteiger partial charge in [0.25, 0.3) is 0 Å². The SMILES string of the molecule is CCCC1CCOC2(CCN(CC(C)C)CC2)N1. The first-order chi connectivity index (χ1) is 8.63. The van der Waals surface area contributed by atoms with Crippen LogP contribution in [0.25, 0.3) is 0 Å². The van der Waals surface area contributed by atoms with E-state index in [0.717, 1.165) is 25.4 Å². The second-order valence-electron chi connectivity index (χ2n) is 6.46. The Kier molecular flexibility index (Phi) is 5.05. The zero-order valence-corrected chi connectivity index (χ0v) is 12.4. The highest BCUT2D eigenvalue weighted by atomic mass is 16.5.